The third kappa shape index (κ3) is 17.9. The molecule has 1 fully saturated rings. The van der Waals surface area contributed by atoms with Crippen LogP contribution in [-0.4, -0.2) is 191 Å². The Morgan fingerprint density at radius 3 is 1.69 bits per heavy atom. The molecule has 0 spiro atoms. The molecule has 1 saturated heterocycles. The van der Waals surface area contributed by atoms with Crippen LogP contribution in [0.25, 0.3) is 0 Å². The lowest BCUT2D eigenvalue weighted by Crippen LogP contribution is -2.63. The molecule has 68 heavy (non-hydrogen) atoms. The maximum absolute atomic E-state index is 14.0. The molecular weight excluding hydrogens is 943 g/mol. The minimum Gasteiger partial charge on any atom is -0.480 e. The largest absolute Gasteiger partial charge is 0.480 e. The van der Waals surface area contributed by atoms with Crippen molar-refractivity contribution in [2.45, 2.75) is 132 Å². The summed E-state index contributed by atoms with van der Waals surface area (Å²) in [5.41, 5.74) is 16.6. The van der Waals surface area contributed by atoms with Gasteiger partial charge >= 0.3 is 5.97 Å². The molecule has 30 heteroatoms. The Kier molecular flexibility index (Phi) is 23.6. The van der Waals surface area contributed by atoms with E-state index in [2.05, 4.69) is 72.4 Å². The zero-order chi connectivity index (χ0) is 51.6. The number of thiol groups is 2. The Bertz CT molecular complexity index is 1980. The number of primary amides is 2. The first kappa shape index (κ1) is 58.0. The van der Waals surface area contributed by atoms with E-state index < -0.39 is 157 Å². The van der Waals surface area contributed by atoms with Gasteiger partial charge in [-0.15, -0.1) is 0 Å². The van der Waals surface area contributed by atoms with Crippen molar-refractivity contribution >= 4 is 90.3 Å². The van der Waals surface area contributed by atoms with E-state index in [1.807, 2.05) is 0 Å². The molecule has 1 aromatic heterocycles. The van der Waals surface area contributed by atoms with Gasteiger partial charge < -0.3 is 84.7 Å². The average molecular weight is 1000 g/mol. The number of carbonyl (C=O) groups excluding carboxylic acids is 10. The SMILES string of the molecule is C[C@@H](O)[C@H](NC(=O)[C@H](CCC(N)=O)NC(=O)[C@H](CC(N)=O)NC(=O)[C@@H](NC(=O)[C@H](Cc1cnc[nH]1)NC(=O)[C@@H]1CCCN1C(=O)[C@@H](NC(=O)[C@@H](N)CS)[C@@H](C)O)[C@@H](C)O)C(=O)N[C@@H](CS)C(=O)O. The Morgan fingerprint density at radius 1 is 0.706 bits per heavy atom. The predicted molar refractivity (Wildman–Crippen MR) is 241 cm³/mol. The van der Waals surface area contributed by atoms with Gasteiger partial charge in [0.15, 0.2) is 0 Å². The number of aromatic nitrogens is 2. The number of aromatic amines is 1. The monoisotopic (exact) mass is 1000 g/mol. The number of nitrogens with one attached hydrogen (secondary N) is 8. The predicted octanol–water partition coefficient (Wildman–Crippen LogP) is -8.11. The second-order valence-electron chi connectivity index (χ2n) is 15.9. The highest BCUT2D eigenvalue weighted by Gasteiger charge is 2.42. The van der Waals surface area contributed by atoms with Crippen LogP contribution in [0.15, 0.2) is 12.5 Å². The maximum Gasteiger partial charge on any atom is 0.327 e. The van der Waals surface area contributed by atoms with Crippen molar-refractivity contribution in [2.24, 2.45) is 17.2 Å². The van der Waals surface area contributed by atoms with Gasteiger partial charge in [0.2, 0.25) is 59.1 Å². The van der Waals surface area contributed by atoms with Gasteiger partial charge in [0.25, 0.3) is 0 Å². The summed E-state index contributed by atoms with van der Waals surface area (Å²) in [5.74, 6) is -12.6. The van der Waals surface area contributed by atoms with E-state index in [0.29, 0.717) is 12.1 Å². The average Bonchev–Trinajstić information content (AvgIpc) is 3.98. The minimum absolute atomic E-state index is 0.0260. The van der Waals surface area contributed by atoms with E-state index in [1.54, 1.807) is 0 Å². The van der Waals surface area contributed by atoms with Gasteiger partial charge in [-0.25, -0.2) is 9.78 Å². The molecule has 12 atom stereocenters. The second kappa shape index (κ2) is 27.7. The van der Waals surface area contributed by atoms with Gasteiger partial charge in [0, 0.05) is 42.8 Å². The zero-order valence-electron chi connectivity index (χ0n) is 37.2. The number of rotatable bonds is 28. The second-order valence-corrected chi connectivity index (χ2v) is 16.6. The van der Waals surface area contributed by atoms with E-state index in [-0.39, 0.29) is 30.9 Å². The molecule has 2 heterocycles. The smallest absolute Gasteiger partial charge is 0.327 e. The summed E-state index contributed by atoms with van der Waals surface area (Å²) in [6, 6.07) is -14.4. The van der Waals surface area contributed by atoms with Crippen molar-refractivity contribution in [2.75, 3.05) is 18.1 Å². The molecule has 1 aliphatic heterocycles. The summed E-state index contributed by atoms with van der Waals surface area (Å²) in [5, 5.41) is 56.4. The molecule has 0 bridgehead atoms. The quantitative estimate of drug-likeness (QED) is 0.0347. The first-order valence-electron chi connectivity index (χ1n) is 21.0. The molecule has 0 saturated carbocycles. The highest BCUT2D eigenvalue weighted by Crippen LogP contribution is 2.20. The van der Waals surface area contributed by atoms with Crippen LogP contribution in [0.4, 0.5) is 0 Å². The highest BCUT2D eigenvalue weighted by molar-refractivity contribution is 7.80. The number of aliphatic carboxylic acids is 1. The van der Waals surface area contributed by atoms with E-state index in [0.717, 1.165) is 18.7 Å². The number of carboxylic acid groups (broad SMARTS) is 1. The molecule has 380 valence electrons. The number of amides is 10. The molecule has 1 aromatic rings. The number of carbonyl (C=O) groups is 11. The van der Waals surface area contributed by atoms with Gasteiger partial charge in [0.1, 0.15) is 48.3 Å². The fraction of sp³-hybridized carbons (Fsp3) is 0.632. The summed E-state index contributed by atoms with van der Waals surface area (Å²) in [7, 11) is 0. The lowest BCUT2D eigenvalue weighted by molar-refractivity contribution is -0.144. The maximum atomic E-state index is 14.0. The van der Waals surface area contributed by atoms with E-state index in [1.165, 1.54) is 19.4 Å². The first-order valence-corrected chi connectivity index (χ1v) is 22.3. The lowest BCUT2D eigenvalue weighted by Gasteiger charge is -2.31. The highest BCUT2D eigenvalue weighted by atomic mass is 32.1. The summed E-state index contributed by atoms with van der Waals surface area (Å²) in [6.07, 6.45) is -4.15. The van der Waals surface area contributed by atoms with Crippen LogP contribution in [0.3, 0.4) is 0 Å². The summed E-state index contributed by atoms with van der Waals surface area (Å²) >= 11 is 7.81. The summed E-state index contributed by atoms with van der Waals surface area (Å²) < 4.78 is 0. The van der Waals surface area contributed by atoms with Crippen LogP contribution in [0.5, 0.6) is 0 Å². The lowest BCUT2D eigenvalue weighted by atomic mass is 10.0. The van der Waals surface area contributed by atoms with Crippen LogP contribution in [-0.2, 0) is 59.2 Å². The van der Waals surface area contributed by atoms with Crippen molar-refractivity contribution in [3.63, 3.8) is 0 Å². The molecule has 0 aliphatic carbocycles. The van der Waals surface area contributed by atoms with Gasteiger partial charge in [-0.2, -0.15) is 25.3 Å². The number of hydrogen-bond donors (Lipinski definition) is 17. The third-order valence-corrected chi connectivity index (χ3v) is 11.1. The number of nitrogens with zero attached hydrogens (tertiary/aromatic N) is 2. The Hall–Kier alpha value is -6.08. The summed E-state index contributed by atoms with van der Waals surface area (Å²) in [4.78, 5) is 151. The minimum atomic E-state index is -1.94. The molecule has 0 unspecified atom stereocenters. The molecule has 1 aliphatic rings. The number of imidazole rings is 1. The summed E-state index contributed by atoms with van der Waals surface area (Å²) in [6.45, 7) is 3.43. The number of aliphatic hydroxyl groups is 3. The van der Waals surface area contributed by atoms with Crippen molar-refractivity contribution in [1.29, 1.82) is 0 Å². The molecular formula is C38H61N13O15S2. The molecule has 18 N–H and O–H groups in total. The van der Waals surface area contributed by atoms with E-state index in [4.69, 9.17) is 17.2 Å². The van der Waals surface area contributed by atoms with Gasteiger partial charge in [-0.3, -0.25) is 47.9 Å². The Balaban J connectivity index is 2.37. The van der Waals surface area contributed by atoms with Crippen molar-refractivity contribution in [1.82, 2.24) is 52.1 Å². The normalized spacial score (nSPS) is 18.2. The number of nitrogens with two attached hydrogens (primary N) is 3. The molecule has 0 aromatic carbocycles. The topological polar surface area (TPSA) is 463 Å². The molecule has 2 rings (SSSR count). The first-order chi connectivity index (χ1) is 31.8. The fourth-order valence-electron chi connectivity index (χ4n) is 6.57. The number of H-pyrrole nitrogens is 1. The number of hydrogen-bond acceptors (Lipinski definition) is 18. The molecule has 10 amide bonds. The van der Waals surface area contributed by atoms with E-state index >= 15 is 0 Å². The van der Waals surface area contributed by atoms with Crippen LogP contribution < -0.4 is 54.4 Å². The van der Waals surface area contributed by atoms with Crippen LogP contribution in [0.1, 0.15) is 58.6 Å². The van der Waals surface area contributed by atoms with Gasteiger partial charge in [-0.1, -0.05) is 0 Å². The van der Waals surface area contributed by atoms with Crippen LogP contribution >= 0.6 is 25.3 Å². The van der Waals surface area contributed by atoms with Crippen LogP contribution in [0, 0.1) is 0 Å². The third-order valence-electron chi connectivity index (χ3n) is 10.3. The number of likely N-dealkylation sites (tertiary alicyclic amines) is 1. The Labute approximate surface area is 400 Å². The van der Waals surface area contributed by atoms with Crippen LogP contribution in [0.2, 0.25) is 0 Å². The van der Waals surface area contributed by atoms with Crippen molar-refractivity contribution in [3.05, 3.63) is 18.2 Å². The fourth-order valence-corrected chi connectivity index (χ4v) is 6.99. The van der Waals surface area contributed by atoms with Gasteiger partial charge in [0.05, 0.1) is 37.1 Å². The standard InChI is InChI=1S/C38H61N13O15S2/c1-15(52)27(35(62)46-22(10-26(41)56)32(59)44-20(6-7-25(40)55)31(58)48-28(16(2)53)36(63)47-23(13-68)38(65)66)49-33(60)21(9-18-11-42-14-43-18)45-34(61)24-5-4-8-51(24)37(64)29(17(3)54)50-30(57)19(39)12-67/h11,14-17,19-24,27-29,52-54,67-68H,4-10,12-13,39H2,1-3H3,(H2,40,55)(H2,41,56)(H,42,43)(H,44,59)(H,45,61)(H,46,62)(H,47,63)(H,48,58)(H,49,60)(H,50,57)(H,65,66)/t15-,16-,17-,19+,20+,21+,22+,23+,24+,27+,28+,29+/m1/s1. The zero-order valence-corrected chi connectivity index (χ0v) is 39.0. The molecule has 28 nitrogen and oxygen atoms in total. The number of carboxylic acids is 1. The Morgan fingerprint density at radius 2 is 1.22 bits per heavy atom. The molecule has 0 radical (unpaired) electrons. The van der Waals surface area contributed by atoms with Crippen molar-refractivity contribution < 1.29 is 73.2 Å². The van der Waals surface area contributed by atoms with E-state index in [9.17, 15) is 73.2 Å². The van der Waals surface area contributed by atoms with Gasteiger partial charge in [-0.05, 0) is 40.0 Å². The number of aliphatic hydroxyl groups excluding tert-OH is 3. The van der Waals surface area contributed by atoms with Crippen molar-refractivity contribution in [3.8, 4) is 0 Å².